The maximum absolute atomic E-state index is 12.5. The highest BCUT2D eigenvalue weighted by Gasteiger charge is 2.22. The smallest absolute Gasteiger partial charge is 0.395 e. The van der Waals surface area contributed by atoms with Crippen LogP contribution in [-0.4, -0.2) is 10.8 Å². The number of carbonyl (C=O) groups excluding carboxylic acids is 1. The largest absolute Gasteiger partial charge is 0.433 e. The monoisotopic (exact) mass is 336 g/mol. The minimum absolute atomic E-state index is 0.0975. The fourth-order valence-electron chi connectivity index (χ4n) is 2.51. The van der Waals surface area contributed by atoms with Gasteiger partial charge in [-0.1, -0.05) is 60.2 Å². The normalized spacial score (nSPS) is 11.7. The van der Waals surface area contributed by atoms with Crippen molar-refractivity contribution >= 4 is 11.8 Å². The number of hydrogen-bond donors (Lipinski definition) is 1. The Balaban J connectivity index is 1.90. The van der Waals surface area contributed by atoms with E-state index in [1.54, 1.807) is 0 Å². The summed E-state index contributed by atoms with van der Waals surface area (Å²) in [4.78, 5) is 22.5. The lowest BCUT2D eigenvalue weighted by molar-refractivity contribution is -0.402. The van der Waals surface area contributed by atoms with Gasteiger partial charge in [-0.3, -0.25) is 14.9 Å². The Morgan fingerprint density at radius 1 is 1.00 bits per heavy atom. The van der Waals surface area contributed by atoms with Gasteiger partial charge < -0.3 is 9.73 Å². The molecule has 1 aromatic heterocycles. The van der Waals surface area contributed by atoms with E-state index in [0.29, 0.717) is 0 Å². The highest BCUT2D eigenvalue weighted by molar-refractivity contribution is 5.92. The van der Waals surface area contributed by atoms with Crippen molar-refractivity contribution in [2.24, 2.45) is 0 Å². The topological polar surface area (TPSA) is 85.4 Å². The molecule has 0 aliphatic rings. The van der Waals surface area contributed by atoms with Crippen LogP contribution in [0.15, 0.2) is 71.1 Å². The van der Waals surface area contributed by atoms with Crippen LogP contribution in [0.4, 0.5) is 5.88 Å². The van der Waals surface area contributed by atoms with Crippen molar-refractivity contribution in [3.05, 3.63) is 99.3 Å². The van der Waals surface area contributed by atoms with Gasteiger partial charge in [-0.15, -0.1) is 0 Å². The standard InChI is InChI=1S/C19H16N2O4/c1-13-7-9-15(10-8-13)18(14-5-3-2-4-6-14)20-19(22)16-11-12-17(25-16)21(23)24/h2-12,18H,1H3,(H,20,22). The molecule has 3 aromatic rings. The first-order valence-corrected chi connectivity index (χ1v) is 7.71. The Morgan fingerprint density at radius 2 is 1.64 bits per heavy atom. The fourth-order valence-corrected chi connectivity index (χ4v) is 2.51. The lowest BCUT2D eigenvalue weighted by Crippen LogP contribution is -2.29. The first kappa shape index (κ1) is 16.4. The Morgan fingerprint density at radius 3 is 2.24 bits per heavy atom. The summed E-state index contributed by atoms with van der Waals surface area (Å²) >= 11 is 0. The molecule has 1 atom stereocenters. The van der Waals surface area contributed by atoms with Crippen molar-refractivity contribution in [1.82, 2.24) is 5.32 Å². The molecule has 0 bridgehead atoms. The van der Waals surface area contributed by atoms with Crippen LogP contribution < -0.4 is 5.32 Å². The van der Waals surface area contributed by atoms with Crippen LogP contribution in [0.3, 0.4) is 0 Å². The molecule has 126 valence electrons. The number of aryl methyl sites for hydroxylation is 1. The Labute approximate surface area is 144 Å². The van der Waals surface area contributed by atoms with Crippen molar-refractivity contribution in [1.29, 1.82) is 0 Å². The molecule has 25 heavy (non-hydrogen) atoms. The number of nitro groups is 1. The first-order chi connectivity index (χ1) is 12.0. The summed E-state index contributed by atoms with van der Waals surface area (Å²) in [7, 11) is 0. The molecule has 3 rings (SSSR count). The summed E-state index contributed by atoms with van der Waals surface area (Å²) in [5.41, 5.74) is 2.93. The van der Waals surface area contributed by atoms with Crippen molar-refractivity contribution in [3.63, 3.8) is 0 Å². The zero-order valence-electron chi connectivity index (χ0n) is 13.5. The Hall–Kier alpha value is -3.41. The van der Waals surface area contributed by atoms with Crippen LogP contribution in [0.2, 0.25) is 0 Å². The highest BCUT2D eigenvalue weighted by atomic mass is 16.6. The molecule has 0 spiro atoms. The zero-order chi connectivity index (χ0) is 17.8. The van der Waals surface area contributed by atoms with E-state index in [1.165, 1.54) is 6.07 Å². The maximum atomic E-state index is 12.5. The molecule has 0 aliphatic heterocycles. The highest BCUT2D eigenvalue weighted by Crippen LogP contribution is 2.24. The molecule has 2 aromatic carbocycles. The van der Waals surface area contributed by atoms with E-state index in [2.05, 4.69) is 5.32 Å². The number of furan rings is 1. The van der Waals surface area contributed by atoms with Crippen molar-refractivity contribution in [2.45, 2.75) is 13.0 Å². The summed E-state index contributed by atoms with van der Waals surface area (Å²) in [5, 5.41) is 13.6. The summed E-state index contributed by atoms with van der Waals surface area (Å²) in [6, 6.07) is 19.4. The number of amides is 1. The van der Waals surface area contributed by atoms with Crippen molar-refractivity contribution < 1.29 is 14.1 Å². The average Bonchev–Trinajstić information content (AvgIpc) is 3.12. The third-order valence-corrected chi connectivity index (χ3v) is 3.81. The molecule has 6 heteroatoms. The second-order valence-corrected chi connectivity index (χ2v) is 5.62. The summed E-state index contributed by atoms with van der Waals surface area (Å²) in [6.07, 6.45) is 0. The van der Waals surface area contributed by atoms with Crippen LogP contribution in [0, 0.1) is 17.0 Å². The van der Waals surface area contributed by atoms with E-state index < -0.39 is 22.8 Å². The molecule has 1 heterocycles. The van der Waals surface area contributed by atoms with Gasteiger partial charge in [-0.05, 0) is 24.1 Å². The van der Waals surface area contributed by atoms with E-state index in [9.17, 15) is 14.9 Å². The third-order valence-electron chi connectivity index (χ3n) is 3.81. The van der Waals surface area contributed by atoms with Crippen LogP contribution in [0.1, 0.15) is 33.3 Å². The first-order valence-electron chi connectivity index (χ1n) is 7.71. The molecule has 0 fully saturated rings. The number of rotatable bonds is 5. The molecule has 0 saturated heterocycles. The van der Waals surface area contributed by atoms with Crippen molar-refractivity contribution in [2.75, 3.05) is 0 Å². The van der Waals surface area contributed by atoms with Gasteiger partial charge in [0.15, 0.2) is 5.76 Å². The molecule has 0 aliphatic carbocycles. The van der Waals surface area contributed by atoms with Crippen molar-refractivity contribution in [3.8, 4) is 0 Å². The predicted octanol–water partition coefficient (Wildman–Crippen LogP) is 4.02. The van der Waals surface area contributed by atoms with Gasteiger partial charge >= 0.3 is 5.88 Å². The lowest BCUT2D eigenvalue weighted by Gasteiger charge is -2.19. The SMILES string of the molecule is Cc1ccc(C(NC(=O)c2ccc([N+](=O)[O-])o2)c2ccccc2)cc1. The quantitative estimate of drug-likeness (QED) is 0.563. The van der Waals surface area contributed by atoms with E-state index in [0.717, 1.165) is 22.8 Å². The van der Waals surface area contributed by atoms with Gasteiger partial charge in [0, 0.05) is 0 Å². The van der Waals surface area contributed by atoms with E-state index in [1.807, 2.05) is 61.5 Å². The Kier molecular flexibility index (Phi) is 4.61. The molecule has 1 amide bonds. The van der Waals surface area contributed by atoms with Gasteiger partial charge in [0.2, 0.25) is 0 Å². The number of nitrogens with one attached hydrogen (secondary N) is 1. The predicted molar refractivity (Wildman–Crippen MR) is 92.3 cm³/mol. The van der Waals surface area contributed by atoms with Gasteiger partial charge in [0.25, 0.3) is 5.91 Å². The average molecular weight is 336 g/mol. The van der Waals surface area contributed by atoms with Crippen LogP contribution in [0.25, 0.3) is 0 Å². The lowest BCUT2D eigenvalue weighted by atomic mass is 9.97. The fraction of sp³-hybridized carbons (Fsp3) is 0.105. The van der Waals surface area contributed by atoms with Crippen LogP contribution >= 0.6 is 0 Å². The molecule has 0 saturated carbocycles. The molecule has 0 radical (unpaired) electrons. The van der Waals surface area contributed by atoms with Gasteiger partial charge in [0.05, 0.1) is 12.1 Å². The van der Waals surface area contributed by atoms with Crippen LogP contribution in [0.5, 0.6) is 0 Å². The van der Waals surface area contributed by atoms with E-state index >= 15 is 0 Å². The minimum atomic E-state index is -0.675. The van der Waals surface area contributed by atoms with Gasteiger partial charge in [-0.2, -0.15) is 0 Å². The van der Waals surface area contributed by atoms with Crippen LogP contribution in [-0.2, 0) is 0 Å². The number of nitrogens with zero attached hydrogens (tertiary/aromatic N) is 1. The summed E-state index contributed by atoms with van der Waals surface area (Å²) in [5.74, 6) is -1.07. The van der Waals surface area contributed by atoms with Gasteiger partial charge in [-0.25, -0.2) is 0 Å². The summed E-state index contributed by atoms with van der Waals surface area (Å²) < 4.78 is 4.99. The molecular weight excluding hydrogens is 320 g/mol. The molecular formula is C19H16N2O4. The Bertz CT molecular complexity index is 885. The molecule has 6 nitrogen and oxygen atoms in total. The van der Waals surface area contributed by atoms with E-state index in [4.69, 9.17) is 4.42 Å². The second kappa shape index (κ2) is 7.00. The number of benzene rings is 2. The van der Waals surface area contributed by atoms with Gasteiger partial charge in [0.1, 0.15) is 4.92 Å². The second-order valence-electron chi connectivity index (χ2n) is 5.62. The molecule has 1 N–H and O–H groups in total. The van der Waals surface area contributed by atoms with E-state index in [-0.39, 0.29) is 5.76 Å². The number of carbonyl (C=O) groups is 1. The molecule has 1 unspecified atom stereocenters. The summed E-state index contributed by atoms with van der Waals surface area (Å²) in [6.45, 7) is 1.99. The maximum Gasteiger partial charge on any atom is 0.433 e. The zero-order valence-corrected chi connectivity index (χ0v) is 13.5. The minimum Gasteiger partial charge on any atom is -0.395 e. The third kappa shape index (κ3) is 3.74. The number of hydrogen-bond acceptors (Lipinski definition) is 4.